The van der Waals surface area contributed by atoms with E-state index in [1.165, 1.54) is 0 Å². The van der Waals surface area contributed by atoms with Crippen LogP contribution in [-0.2, 0) is 11.3 Å². The molecular formula is C15H19N3O2. The lowest BCUT2D eigenvalue weighted by molar-refractivity contribution is 0.0340. The first kappa shape index (κ1) is 13.1. The maximum atomic E-state index is 12.1. The Kier molecular flexibility index (Phi) is 3.69. The highest BCUT2D eigenvalue weighted by atomic mass is 16.5. The molecule has 3 rings (SSSR count). The van der Waals surface area contributed by atoms with E-state index in [-0.39, 0.29) is 18.0 Å². The maximum absolute atomic E-state index is 12.1. The molecular weight excluding hydrogens is 254 g/mol. The van der Waals surface area contributed by atoms with Gasteiger partial charge < -0.3 is 15.4 Å². The zero-order valence-corrected chi connectivity index (χ0v) is 11.4. The van der Waals surface area contributed by atoms with Crippen molar-refractivity contribution in [2.45, 2.75) is 25.4 Å². The first-order valence-electron chi connectivity index (χ1n) is 7.02. The molecule has 0 aliphatic carbocycles. The van der Waals surface area contributed by atoms with E-state index >= 15 is 0 Å². The van der Waals surface area contributed by atoms with Crippen molar-refractivity contribution in [1.82, 2.24) is 4.90 Å². The molecule has 0 bridgehead atoms. The summed E-state index contributed by atoms with van der Waals surface area (Å²) in [4.78, 5) is 17.8. The van der Waals surface area contributed by atoms with Crippen LogP contribution in [0.4, 0.5) is 4.79 Å². The normalized spacial score (nSPS) is 26.7. The van der Waals surface area contributed by atoms with Crippen LogP contribution in [0.25, 0.3) is 0 Å². The largest absolute Gasteiger partial charge is 0.385 e. The quantitative estimate of drug-likeness (QED) is 0.912. The molecule has 2 heterocycles. The Hall–Kier alpha value is -1.88. The van der Waals surface area contributed by atoms with Gasteiger partial charge in [-0.3, -0.25) is 0 Å². The summed E-state index contributed by atoms with van der Waals surface area (Å²) in [6, 6.07) is 9.57. The first-order chi connectivity index (χ1) is 9.75. The Morgan fingerprint density at radius 3 is 2.85 bits per heavy atom. The van der Waals surface area contributed by atoms with Crippen molar-refractivity contribution < 1.29 is 9.53 Å². The molecule has 106 valence electrons. The summed E-state index contributed by atoms with van der Waals surface area (Å²) in [5, 5.41) is 0. The highest BCUT2D eigenvalue weighted by Gasteiger charge is 2.39. The van der Waals surface area contributed by atoms with Crippen LogP contribution >= 0.6 is 0 Å². The first-order valence-corrected chi connectivity index (χ1v) is 7.02. The van der Waals surface area contributed by atoms with Gasteiger partial charge >= 0.3 is 6.03 Å². The fraction of sp³-hybridized carbons (Fsp3) is 0.467. The van der Waals surface area contributed by atoms with Gasteiger partial charge in [0.2, 0.25) is 0 Å². The van der Waals surface area contributed by atoms with E-state index in [9.17, 15) is 4.79 Å². The number of hydrogen-bond donors (Lipinski definition) is 1. The van der Waals surface area contributed by atoms with Gasteiger partial charge in [-0.25, -0.2) is 4.79 Å². The van der Waals surface area contributed by atoms with Gasteiger partial charge in [0.05, 0.1) is 12.6 Å². The van der Waals surface area contributed by atoms with Gasteiger partial charge in [-0.2, -0.15) is 4.99 Å². The molecule has 0 aromatic heterocycles. The number of nitrogens with zero attached hydrogens (tertiary/aromatic N) is 2. The summed E-state index contributed by atoms with van der Waals surface area (Å²) < 4.78 is 5.53. The SMILES string of the molecule is NC1=NC(=O)N(Cc2ccccc2)C1C1CCCOC1. The van der Waals surface area contributed by atoms with Crippen molar-refractivity contribution >= 4 is 11.9 Å². The van der Waals surface area contributed by atoms with E-state index < -0.39 is 0 Å². The third-order valence-corrected chi connectivity index (χ3v) is 3.95. The van der Waals surface area contributed by atoms with Crippen molar-refractivity contribution in [1.29, 1.82) is 0 Å². The lowest BCUT2D eigenvalue weighted by Crippen LogP contribution is -2.47. The third-order valence-electron chi connectivity index (χ3n) is 3.95. The minimum atomic E-state index is -0.234. The van der Waals surface area contributed by atoms with Crippen LogP contribution in [0.1, 0.15) is 18.4 Å². The Morgan fingerprint density at radius 2 is 2.15 bits per heavy atom. The molecule has 2 aliphatic heterocycles. The molecule has 20 heavy (non-hydrogen) atoms. The molecule has 1 saturated heterocycles. The summed E-state index contributed by atoms with van der Waals surface area (Å²) in [5.74, 6) is 0.684. The fourth-order valence-electron chi connectivity index (χ4n) is 2.98. The Bertz CT molecular complexity index is 509. The second-order valence-corrected chi connectivity index (χ2v) is 5.35. The zero-order valence-electron chi connectivity index (χ0n) is 11.4. The molecule has 0 radical (unpaired) electrons. The van der Waals surface area contributed by atoms with Crippen molar-refractivity contribution in [3.05, 3.63) is 35.9 Å². The van der Waals surface area contributed by atoms with Crippen molar-refractivity contribution in [2.75, 3.05) is 13.2 Å². The number of rotatable bonds is 3. The Balaban J connectivity index is 1.78. The van der Waals surface area contributed by atoms with E-state index in [2.05, 4.69) is 4.99 Å². The molecule has 2 N–H and O–H groups in total. The summed E-state index contributed by atoms with van der Waals surface area (Å²) in [6.45, 7) is 2.00. The number of aliphatic imine (C=N–C) groups is 1. The summed E-state index contributed by atoms with van der Waals surface area (Å²) >= 11 is 0. The number of carbonyl (C=O) groups excluding carboxylic acids is 1. The predicted octanol–water partition coefficient (Wildman–Crippen LogP) is 1.77. The fourth-order valence-corrected chi connectivity index (χ4v) is 2.98. The molecule has 2 amide bonds. The average Bonchev–Trinajstić information content (AvgIpc) is 2.75. The molecule has 5 nitrogen and oxygen atoms in total. The minimum Gasteiger partial charge on any atom is -0.385 e. The van der Waals surface area contributed by atoms with Crippen LogP contribution in [0.15, 0.2) is 35.3 Å². The van der Waals surface area contributed by atoms with Crippen LogP contribution in [0.2, 0.25) is 0 Å². The Morgan fingerprint density at radius 1 is 1.35 bits per heavy atom. The summed E-state index contributed by atoms with van der Waals surface area (Å²) in [5.41, 5.74) is 7.07. The minimum absolute atomic E-state index is 0.122. The van der Waals surface area contributed by atoms with Crippen LogP contribution in [-0.4, -0.2) is 36.0 Å². The predicted molar refractivity (Wildman–Crippen MR) is 76.3 cm³/mol. The van der Waals surface area contributed by atoms with Gasteiger partial charge in [0.15, 0.2) is 0 Å². The molecule has 1 aromatic carbocycles. The maximum Gasteiger partial charge on any atom is 0.346 e. The molecule has 0 spiro atoms. The van der Waals surface area contributed by atoms with Crippen molar-refractivity contribution in [2.24, 2.45) is 16.6 Å². The molecule has 2 atom stereocenters. The monoisotopic (exact) mass is 273 g/mol. The smallest absolute Gasteiger partial charge is 0.346 e. The topological polar surface area (TPSA) is 67.9 Å². The lowest BCUT2D eigenvalue weighted by Gasteiger charge is -2.33. The van der Waals surface area contributed by atoms with Crippen LogP contribution in [0.5, 0.6) is 0 Å². The standard InChI is InChI=1S/C15H19N3O2/c16-14-13(12-7-4-8-20-10-12)18(15(19)17-14)9-11-5-2-1-3-6-11/h1-3,5-6,12-13H,4,7-10H2,(H2,16,17,19). The van der Waals surface area contributed by atoms with E-state index in [0.29, 0.717) is 19.0 Å². The van der Waals surface area contributed by atoms with Gasteiger partial charge in [0, 0.05) is 19.1 Å². The van der Waals surface area contributed by atoms with Gasteiger partial charge in [-0.1, -0.05) is 30.3 Å². The highest BCUT2D eigenvalue weighted by Crippen LogP contribution is 2.27. The summed E-state index contributed by atoms with van der Waals surface area (Å²) in [6.07, 6.45) is 2.04. The second-order valence-electron chi connectivity index (χ2n) is 5.35. The Labute approximate surface area is 118 Å². The van der Waals surface area contributed by atoms with E-state index in [0.717, 1.165) is 25.0 Å². The molecule has 0 saturated carbocycles. The van der Waals surface area contributed by atoms with E-state index in [1.807, 2.05) is 30.3 Å². The number of nitrogens with two attached hydrogens (primary N) is 1. The van der Waals surface area contributed by atoms with Crippen LogP contribution < -0.4 is 5.73 Å². The zero-order chi connectivity index (χ0) is 13.9. The number of hydrogen-bond acceptors (Lipinski definition) is 3. The number of benzene rings is 1. The molecule has 5 heteroatoms. The van der Waals surface area contributed by atoms with E-state index in [4.69, 9.17) is 10.5 Å². The van der Waals surface area contributed by atoms with Gasteiger partial charge in [0.1, 0.15) is 5.84 Å². The molecule has 1 aromatic rings. The molecule has 2 unspecified atom stereocenters. The van der Waals surface area contributed by atoms with Crippen LogP contribution in [0, 0.1) is 5.92 Å². The highest BCUT2D eigenvalue weighted by molar-refractivity contribution is 6.03. The molecule has 1 fully saturated rings. The van der Waals surface area contributed by atoms with Gasteiger partial charge in [-0.05, 0) is 18.4 Å². The third kappa shape index (κ3) is 2.54. The van der Waals surface area contributed by atoms with Crippen LogP contribution in [0.3, 0.4) is 0 Å². The van der Waals surface area contributed by atoms with Crippen molar-refractivity contribution in [3.63, 3.8) is 0 Å². The number of amidine groups is 1. The van der Waals surface area contributed by atoms with Gasteiger partial charge in [0.25, 0.3) is 0 Å². The number of amides is 2. The van der Waals surface area contributed by atoms with Crippen molar-refractivity contribution in [3.8, 4) is 0 Å². The average molecular weight is 273 g/mol. The number of ether oxygens (including phenoxy) is 1. The number of carbonyl (C=O) groups is 1. The summed E-state index contributed by atoms with van der Waals surface area (Å²) in [7, 11) is 0. The lowest BCUT2D eigenvalue weighted by atomic mass is 9.92. The van der Waals surface area contributed by atoms with E-state index in [1.54, 1.807) is 4.90 Å². The van der Waals surface area contributed by atoms with Gasteiger partial charge in [-0.15, -0.1) is 0 Å². The molecule has 2 aliphatic rings. The number of urea groups is 1. The second kappa shape index (κ2) is 5.63.